The van der Waals surface area contributed by atoms with E-state index < -0.39 is 23.1 Å². The fourth-order valence-electron chi connectivity index (χ4n) is 1.57. The minimum absolute atomic E-state index is 0.0648. The third-order valence-corrected chi connectivity index (χ3v) is 3.13. The molecule has 1 aromatic rings. The molecule has 0 atom stereocenters. The Morgan fingerprint density at radius 2 is 1.88 bits per heavy atom. The molecule has 1 N–H and O–H groups in total. The molecule has 1 aromatic carbocycles. The van der Waals surface area contributed by atoms with Crippen LogP contribution in [0.4, 0.5) is 8.78 Å². The first kappa shape index (κ1) is 11.5. The van der Waals surface area contributed by atoms with Gasteiger partial charge >= 0.3 is 0 Å². The molecule has 1 aliphatic rings. The molecule has 5 heteroatoms. The standard InChI is InChI=1S/C11H10BrF2NO/c12-6-4-8(13)10(9(14)5-6)11(16)15-7-2-1-3-7/h4-5,7H,1-3H2,(H,15,16). The van der Waals surface area contributed by atoms with Crippen molar-refractivity contribution in [3.63, 3.8) is 0 Å². The highest BCUT2D eigenvalue weighted by Gasteiger charge is 2.24. The van der Waals surface area contributed by atoms with Gasteiger partial charge in [0.1, 0.15) is 17.2 Å². The Bertz CT molecular complexity index is 409. The number of rotatable bonds is 2. The molecule has 0 unspecified atom stereocenters. The van der Waals surface area contributed by atoms with Gasteiger partial charge < -0.3 is 5.32 Å². The van der Waals surface area contributed by atoms with Crippen molar-refractivity contribution in [1.29, 1.82) is 0 Å². The van der Waals surface area contributed by atoms with Crippen molar-refractivity contribution >= 4 is 21.8 Å². The number of amides is 1. The fourth-order valence-corrected chi connectivity index (χ4v) is 1.97. The number of carbonyl (C=O) groups is 1. The Balaban J connectivity index is 2.21. The molecule has 16 heavy (non-hydrogen) atoms. The summed E-state index contributed by atoms with van der Waals surface area (Å²) < 4.78 is 27.1. The summed E-state index contributed by atoms with van der Waals surface area (Å²) in [5, 5.41) is 2.60. The van der Waals surface area contributed by atoms with Crippen molar-refractivity contribution < 1.29 is 13.6 Å². The highest BCUT2D eigenvalue weighted by molar-refractivity contribution is 9.10. The van der Waals surface area contributed by atoms with Crippen LogP contribution < -0.4 is 5.32 Å². The summed E-state index contributed by atoms with van der Waals surface area (Å²) in [7, 11) is 0. The molecule has 2 rings (SSSR count). The van der Waals surface area contributed by atoms with E-state index in [1.165, 1.54) is 0 Å². The van der Waals surface area contributed by atoms with E-state index in [0.29, 0.717) is 0 Å². The lowest BCUT2D eigenvalue weighted by Gasteiger charge is -2.26. The Labute approximate surface area is 100 Å². The Morgan fingerprint density at radius 3 is 2.31 bits per heavy atom. The van der Waals surface area contributed by atoms with Crippen molar-refractivity contribution in [3.8, 4) is 0 Å². The van der Waals surface area contributed by atoms with Gasteiger partial charge in [0, 0.05) is 10.5 Å². The van der Waals surface area contributed by atoms with Crippen LogP contribution in [0.5, 0.6) is 0 Å². The second-order valence-corrected chi connectivity index (χ2v) is 4.76. The summed E-state index contributed by atoms with van der Waals surface area (Å²) in [5.41, 5.74) is -0.505. The summed E-state index contributed by atoms with van der Waals surface area (Å²) in [6.45, 7) is 0. The average Bonchev–Trinajstić information content (AvgIpc) is 2.09. The smallest absolute Gasteiger partial charge is 0.257 e. The summed E-state index contributed by atoms with van der Waals surface area (Å²) in [5.74, 6) is -2.36. The molecule has 1 saturated carbocycles. The molecular formula is C11H10BrF2NO. The van der Waals surface area contributed by atoms with Crippen LogP contribution in [0, 0.1) is 11.6 Å². The van der Waals surface area contributed by atoms with Gasteiger partial charge in [-0.05, 0) is 31.4 Å². The van der Waals surface area contributed by atoms with Gasteiger partial charge in [0.2, 0.25) is 0 Å². The van der Waals surface area contributed by atoms with Crippen LogP contribution in [-0.2, 0) is 0 Å². The normalized spacial score (nSPS) is 15.7. The molecule has 0 spiro atoms. The monoisotopic (exact) mass is 289 g/mol. The van der Waals surface area contributed by atoms with Gasteiger partial charge in [0.15, 0.2) is 0 Å². The molecule has 1 amide bonds. The van der Waals surface area contributed by atoms with Crippen molar-refractivity contribution in [2.45, 2.75) is 25.3 Å². The highest BCUT2D eigenvalue weighted by Crippen LogP contribution is 2.22. The summed E-state index contributed by atoms with van der Waals surface area (Å²) in [4.78, 5) is 11.6. The summed E-state index contributed by atoms with van der Waals surface area (Å²) >= 11 is 2.96. The predicted octanol–water partition coefficient (Wildman–Crippen LogP) is 3.01. The van der Waals surface area contributed by atoms with Crippen molar-refractivity contribution in [3.05, 3.63) is 33.8 Å². The van der Waals surface area contributed by atoms with E-state index in [-0.39, 0.29) is 10.5 Å². The largest absolute Gasteiger partial charge is 0.349 e. The van der Waals surface area contributed by atoms with Crippen LogP contribution >= 0.6 is 15.9 Å². The highest BCUT2D eigenvalue weighted by atomic mass is 79.9. The van der Waals surface area contributed by atoms with Crippen LogP contribution in [0.2, 0.25) is 0 Å². The minimum Gasteiger partial charge on any atom is -0.349 e. The molecule has 0 saturated heterocycles. The number of carbonyl (C=O) groups excluding carboxylic acids is 1. The zero-order chi connectivity index (χ0) is 11.7. The van der Waals surface area contributed by atoms with Gasteiger partial charge in [0.05, 0.1) is 0 Å². The quantitative estimate of drug-likeness (QED) is 0.891. The zero-order valence-corrected chi connectivity index (χ0v) is 9.98. The first-order valence-electron chi connectivity index (χ1n) is 5.03. The molecule has 0 radical (unpaired) electrons. The second-order valence-electron chi connectivity index (χ2n) is 3.85. The van der Waals surface area contributed by atoms with Gasteiger partial charge in [-0.3, -0.25) is 4.79 Å². The maximum atomic E-state index is 13.4. The Morgan fingerprint density at radius 1 is 1.31 bits per heavy atom. The van der Waals surface area contributed by atoms with Crippen LogP contribution in [0.25, 0.3) is 0 Å². The van der Waals surface area contributed by atoms with E-state index in [4.69, 9.17) is 0 Å². The third-order valence-electron chi connectivity index (χ3n) is 2.67. The topological polar surface area (TPSA) is 29.1 Å². The molecule has 0 aliphatic heterocycles. The number of hydrogen-bond acceptors (Lipinski definition) is 1. The van der Waals surface area contributed by atoms with Crippen LogP contribution in [0.15, 0.2) is 16.6 Å². The van der Waals surface area contributed by atoms with E-state index in [9.17, 15) is 13.6 Å². The molecule has 2 nitrogen and oxygen atoms in total. The first-order valence-corrected chi connectivity index (χ1v) is 5.82. The van der Waals surface area contributed by atoms with Crippen LogP contribution in [0.3, 0.4) is 0 Å². The van der Waals surface area contributed by atoms with Crippen LogP contribution in [-0.4, -0.2) is 11.9 Å². The Hall–Kier alpha value is -0.970. The van der Waals surface area contributed by atoms with E-state index in [2.05, 4.69) is 21.2 Å². The number of hydrogen-bond donors (Lipinski definition) is 1. The second kappa shape index (κ2) is 4.49. The molecule has 0 heterocycles. The number of nitrogens with one attached hydrogen (secondary N) is 1. The van der Waals surface area contributed by atoms with Crippen LogP contribution in [0.1, 0.15) is 29.6 Å². The molecule has 1 aliphatic carbocycles. The van der Waals surface area contributed by atoms with Crippen molar-refractivity contribution in [2.75, 3.05) is 0 Å². The van der Waals surface area contributed by atoms with Gasteiger partial charge in [-0.1, -0.05) is 15.9 Å². The maximum absolute atomic E-state index is 13.4. The average molecular weight is 290 g/mol. The molecule has 0 bridgehead atoms. The molecule has 86 valence electrons. The lowest BCUT2D eigenvalue weighted by molar-refractivity contribution is 0.0908. The summed E-state index contributed by atoms with van der Waals surface area (Å²) in [6, 6.07) is 2.23. The third kappa shape index (κ3) is 2.24. The van der Waals surface area contributed by atoms with Gasteiger partial charge in [-0.25, -0.2) is 8.78 Å². The first-order chi connectivity index (χ1) is 7.58. The number of benzene rings is 1. The van der Waals surface area contributed by atoms with Gasteiger partial charge in [-0.15, -0.1) is 0 Å². The SMILES string of the molecule is O=C(NC1CCC1)c1c(F)cc(Br)cc1F. The van der Waals surface area contributed by atoms with Crippen molar-refractivity contribution in [1.82, 2.24) is 5.32 Å². The van der Waals surface area contributed by atoms with E-state index in [1.807, 2.05) is 0 Å². The van der Waals surface area contributed by atoms with Gasteiger partial charge in [-0.2, -0.15) is 0 Å². The summed E-state index contributed by atoms with van der Waals surface area (Å²) in [6.07, 6.45) is 2.81. The molecule has 0 aromatic heterocycles. The van der Waals surface area contributed by atoms with Crippen molar-refractivity contribution in [2.24, 2.45) is 0 Å². The lowest BCUT2D eigenvalue weighted by atomic mass is 9.93. The lowest BCUT2D eigenvalue weighted by Crippen LogP contribution is -2.40. The molecular weight excluding hydrogens is 280 g/mol. The Kier molecular flexibility index (Phi) is 3.23. The fraction of sp³-hybridized carbons (Fsp3) is 0.364. The van der Waals surface area contributed by atoms with E-state index in [1.54, 1.807) is 0 Å². The van der Waals surface area contributed by atoms with E-state index in [0.717, 1.165) is 31.4 Å². The number of halogens is 3. The van der Waals surface area contributed by atoms with Gasteiger partial charge in [0.25, 0.3) is 5.91 Å². The minimum atomic E-state index is -0.844. The molecule has 1 fully saturated rings. The predicted molar refractivity (Wildman–Crippen MR) is 59.2 cm³/mol. The van der Waals surface area contributed by atoms with E-state index >= 15 is 0 Å². The maximum Gasteiger partial charge on any atom is 0.257 e. The zero-order valence-electron chi connectivity index (χ0n) is 8.40.